The van der Waals surface area contributed by atoms with Crippen LogP contribution in [0.1, 0.15) is 32.0 Å². The first-order valence-corrected chi connectivity index (χ1v) is 10.9. The lowest BCUT2D eigenvalue weighted by atomic mass is 10.2. The molecule has 1 aliphatic rings. The molecule has 2 aromatic carbocycles. The van der Waals surface area contributed by atoms with Crippen LogP contribution in [0.3, 0.4) is 0 Å². The van der Waals surface area contributed by atoms with Crippen LogP contribution < -0.4 is 4.72 Å². The first-order chi connectivity index (χ1) is 14.4. The molecule has 0 saturated heterocycles. The van der Waals surface area contributed by atoms with Gasteiger partial charge in [0.05, 0.1) is 17.0 Å². The van der Waals surface area contributed by atoms with Crippen LogP contribution in [0.5, 0.6) is 0 Å². The average molecular weight is 442 g/mol. The van der Waals surface area contributed by atoms with E-state index in [9.17, 15) is 18.0 Å². The second-order valence-electron chi connectivity index (χ2n) is 6.66. The molecule has 0 atom stereocenters. The first kappa shape index (κ1) is 20.2. The number of imide groups is 1. The Labute approximate surface area is 178 Å². The topological polar surface area (TPSA) is 96.4 Å². The molecule has 0 radical (unpaired) electrons. The van der Waals surface area contributed by atoms with Crippen molar-refractivity contribution < 1.29 is 18.0 Å². The summed E-state index contributed by atoms with van der Waals surface area (Å²) in [5.41, 5.74) is 1.68. The molecule has 0 bridgehead atoms. The first-order valence-electron chi connectivity index (χ1n) is 9.00. The number of amides is 2. The Morgan fingerprint density at radius 2 is 1.67 bits per heavy atom. The summed E-state index contributed by atoms with van der Waals surface area (Å²) in [5.74, 6) is -0.880. The fourth-order valence-corrected chi connectivity index (χ4v) is 4.32. The van der Waals surface area contributed by atoms with E-state index in [1.165, 1.54) is 18.3 Å². The molecule has 1 N–H and O–H groups in total. The number of fused-ring (bicyclic) bond motifs is 1. The molecule has 0 unspecified atom stereocenters. The van der Waals surface area contributed by atoms with Gasteiger partial charge in [-0.25, -0.2) is 13.1 Å². The summed E-state index contributed by atoms with van der Waals surface area (Å²) in [6.07, 6.45) is 1.46. The van der Waals surface area contributed by atoms with Crippen LogP contribution in [0, 0.1) is 0 Å². The van der Waals surface area contributed by atoms with Gasteiger partial charge in [0.25, 0.3) is 11.8 Å². The second-order valence-corrected chi connectivity index (χ2v) is 8.83. The zero-order chi connectivity index (χ0) is 21.3. The summed E-state index contributed by atoms with van der Waals surface area (Å²) >= 11 is 6.06. The Morgan fingerprint density at radius 1 is 0.933 bits per heavy atom. The van der Waals surface area contributed by atoms with E-state index in [4.69, 9.17) is 11.6 Å². The van der Waals surface area contributed by atoms with Gasteiger partial charge in [0.2, 0.25) is 10.0 Å². The van der Waals surface area contributed by atoms with Crippen molar-refractivity contribution in [2.45, 2.75) is 18.0 Å². The van der Waals surface area contributed by atoms with Gasteiger partial charge in [-0.05, 0) is 41.5 Å². The van der Waals surface area contributed by atoms with E-state index < -0.39 is 21.8 Å². The van der Waals surface area contributed by atoms with Crippen LogP contribution in [0.15, 0.2) is 71.8 Å². The van der Waals surface area contributed by atoms with Crippen LogP contribution >= 0.6 is 11.6 Å². The van der Waals surface area contributed by atoms with Crippen LogP contribution in [-0.2, 0) is 23.1 Å². The molecule has 0 saturated carbocycles. The Hall–Kier alpha value is -3.07. The van der Waals surface area contributed by atoms with Crippen molar-refractivity contribution in [3.8, 4) is 0 Å². The standard InChI is InChI=1S/C21H16ClN3O4S/c22-18-6-2-1-4-15(18)12-24-30(28,29)16-9-7-14(8-10-16)13-25-20(26)17-5-3-11-23-19(17)21(25)27/h1-11,24H,12-13H2. The predicted molar refractivity (Wildman–Crippen MR) is 110 cm³/mol. The zero-order valence-corrected chi connectivity index (χ0v) is 17.2. The highest BCUT2D eigenvalue weighted by Crippen LogP contribution is 2.23. The monoisotopic (exact) mass is 441 g/mol. The molecule has 0 fully saturated rings. The van der Waals surface area contributed by atoms with E-state index in [0.29, 0.717) is 16.1 Å². The number of aromatic nitrogens is 1. The van der Waals surface area contributed by atoms with Crippen LogP contribution in [0.2, 0.25) is 5.02 Å². The van der Waals surface area contributed by atoms with Gasteiger partial charge in [0.15, 0.2) is 0 Å². The molecule has 3 aromatic rings. The zero-order valence-electron chi connectivity index (χ0n) is 15.6. The van der Waals surface area contributed by atoms with Crippen molar-refractivity contribution in [1.82, 2.24) is 14.6 Å². The van der Waals surface area contributed by atoms with Crippen molar-refractivity contribution in [2.75, 3.05) is 0 Å². The smallest absolute Gasteiger partial charge is 0.268 e. The number of rotatable bonds is 6. The molecule has 1 aromatic heterocycles. The van der Waals surface area contributed by atoms with Crippen LogP contribution in [-0.4, -0.2) is 30.1 Å². The summed E-state index contributed by atoms with van der Waals surface area (Å²) in [7, 11) is -3.75. The van der Waals surface area contributed by atoms with Gasteiger partial charge in [0.1, 0.15) is 5.69 Å². The molecule has 2 heterocycles. The highest BCUT2D eigenvalue weighted by atomic mass is 35.5. The molecular formula is C21H16ClN3O4S. The third-order valence-corrected chi connectivity index (χ3v) is 6.50. The molecule has 152 valence electrons. The van der Waals surface area contributed by atoms with Crippen molar-refractivity contribution in [3.05, 3.63) is 94.3 Å². The molecule has 1 aliphatic heterocycles. The summed E-state index contributed by atoms with van der Waals surface area (Å²) in [6.45, 7) is 0.0905. The number of halogens is 1. The minimum atomic E-state index is -3.75. The molecule has 0 spiro atoms. The van der Waals surface area contributed by atoms with E-state index in [2.05, 4.69) is 9.71 Å². The lowest BCUT2D eigenvalue weighted by Crippen LogP contribution is -2.29. The van der Waals surface area contributed by atoms with Gasteiger partial charge in [-0.15, -0.1) is 0 Å². The minimum absolute atomic E-state index is 0.0292. The van der Waals surface area contributed by atoms with E-state index >= 15 is 0 Å². The van der Waals surface area contributed by atoms with E-state index in [0.717, 1.165) is 4.90 Å². The Bertz CT molecular complexity index is 1210. The van der Waals surface area contributed by atoms with Crippen LogP contribution in [0.4, 0.5) is 0 Å². The van der Waals surface area contributed by atoms with E-state index in [1.54, 1.807) is 48.5 Å². The number of carbonyl (C=O) groups excluding carboxylic acids is 2. The summed E-state index contributed by atoms with van der Waals surface area (Å²) in [5, 5.41) is 0.478. The molecule has 9 heteroatoms. The van der Waals surface area contributed by atoms with Crippen molar-refractivity contribution in [3.63, 3.8) is 0 Å². The highest BCUT2D eigenvalue weighted by Gasteiger charge is 2.36. The third-order valence-electron chi connectivity index (χ3n) is 4.72. The Kier molecular flexibility index (Phi) is 5.38. The second kappa shape index (κ2) is 7.98. The molecular weight excluding hydrogens is 426 g/mol. The maximum Gasteiger partial charge on any atom is 0.280 e. The quantitative estimate of drug-likeness (QED) is 0.593. The van der Waals surface area contributed by atoms with E-state index in [-0.39, 0.29) is 29.2 Å². The number of nitrogens with one attached hydrogen (secondary N) is 1. The Morgan fingerprint density at radius 3 is 2.37 bits per heavy atom. The van der Waals surface area contributed by atoms with Crippen molar-refractivity contribution >= 4 is 33.4 Å². The maximum atomic E-state index is 12.5. The van der Waals surface area contributed by atoms with E-state index in [1.807, 2.05) is 0 Å². The van der Waals surface area contributed by atoms with Gasteiger partial charge >= 0.3 is 0 Å². The number of sulfonamides is 1. The predicted octanol–water partition coefficient (Wildman–Crippen LogP) is 3.01. The van der Waals surface area contributed by atoms with Gasteiger partial charge < -0.3 is 0 Å². The Balaban J connectivity index is 1.46. The number of hydrogen-bond acceptors (Lipinski definition) is 5. The highest BCUT2D eigenvalue weighted by molar-refractivity contribution is 7.89. The summed E-state index contributed by atoms with van der Waals surface area (Å²) in [6, 6.07) is 16.1. The van der Waals surface area contributed by atoms with Crippen molar-refractivity contribution in [1.29, 1.82) is 0 Å². The lowest BCUT2D eigenvalue weighted by molar-refractivity contribution is 0.0640. The SMILES string of the molecule is O=C1c2cccnc2C(=O)N1Cc1ccc(S(=O)(=O)NCc2ccccc2Cl)cc1. The number of nitrogens with zero attached hydrogens (tertiary/aromatic N) is 2. The lowest BCUT2D eigenvalue weighted by Gasteiger charge is -2.14. The molecule has 4 rings (SSSR count). The van der Waals surface area contributed by atoms with Gasteiger partial charge in [-0.1, -0.05) is 41.9 Å². The number of carbonyl (C=O) groups is 2. The number of benzene rings is 2. The summed E-state index contributed by atoms with van der Waals surface area (Å²) in [4.78, 5) is 30.0. The van der Waals surface area contributed by atoms with Gasteiger partial charge in [-0.2, -0.15) is 0 Å². The molecule has 0 aliphatic carbocycles. The van der Waals surface area contributed by atoms with Crippen LogP contribution in [0.25, 0.3) is 0 Å². The molecule has 2 amide bonds. The average Bonchev–Trinajstić information content (AvgIpc) is 2.99. The fraction of sp³-hybridized carbons (Fsp3) is 0.0952. The number of pyridine rings is 1. The largest absolute Gasteiger partial charge is 0.280 e. The third kappa shape index (κ3) is 3.85. The normalized spacial score (nSPS) is 13.6. The summed E-state index contributed by atoms with van der Waals surface area (Å²) < 4.78 is 27.6. The molecule has 7 nitrogen and oxygen atoms in total. The van der Waals surface area contributed by atoms with Gasteiger partial charge in [-0.3, -0.25) is 19.5 Å². The maximum absolute atomic E-state index is 12.5. The van der Waals surface area contributed by atoms with Crippen molar-refractivity contribution in [2.24, 2.45) is 0 Å². The number of hydrogen-bond donors (Lipinski definition) is 1. The van der Waals surface area contributed by atoms with Gasteiger partial charge in [0, 0.05) is 17.8 Å². The minimum Gasteiger partial charge on any atom is -0.268 e. The fourth-order valence-electron chi connectivity index (χ4n) is 3.11. The molecule has 30 heavy (non-hydrogen) atoms.